The van der Waals surface area contributed by atoms with Gasteiger partial charge >= 0.3 is 0 Å². The Hall–Kier alpha value is -0.760. The number of carbonyl (C=O) groups excluding carboxylic acids is 1. The SMILES string of the molecule is O=C(CSC1CCCCC1)c1ccc2c(c1)CCC2. The molecule has 1 nitrogen and oxygen atoms in total. The van der Waals surface area contributed by atoms with Crippen LogP contribution in [0.3, 0.4) is 0 Å². The topological polar surface area (TPSA) is 17.1 Å². The minimum atomic E-state index is 0.324. The Morgan fingerprint density at radius 1 is 1.05 bits per heavy atom. The maximum Gasteiger partial charge on any atom is 0.172 e. The zero-order valence-electron chi connectivity index (χ0n) is 11.5. The number of hydrogen-bond donors (Lipinski definition) is 0. The Bertz CT molecular complexity index is 460. The molecule has 0 aliphatic heterocycles. The summed E-state index contributed by atoms with van der Waals surface area (Å²) in [6.45, 7) is 0. The fourth-order valence-corrected chi connectivity index (χ4v) is 4.47. The van der Waals surface area contributed by atoms with E-state index in [0.29, 0.717) is 11.5 Å². The smallest absolute Gasteiger partial charge is 0.172 e. The minimum Gasteiger partial charge on any atom is -0.293 e. The lowest BCUT2D eigenvalue weighted by atomic mass is 10.0. The van der Waals surface area contributed by atoms with Crippen LogP contribution in [0.5, 0.6) is 0 Å². The predicted octanol–water partition coefficient (Wildman–Crippen LogP) is 4.42. The number of benzene rings is 1. The van der Waals surface area contributed by atoms with Crippen LogP contribution < -0.4 is 0 Å². The second-order valence-electron chi connectivity index (χ2n) is 5.83. The standard InChI is InChI=1S/C17H22OS/c18-17(12-19-16-7-2-1-3-8-16)15-10-9-13-5-4-6-14(13)11-15/h9-11,16H,1-8,12H2. The van der Waals surface area contributed by atoms with E-state index in [1.165, 1.54) is 56.1 Å². The first-order valence-electron chi connectivity index (χ1n) is 7.59. The molecule has 0 bridgehead atoms. The van der Waals surface area contributed by atoms with E-state index in [2.05, 4.69) is 12.1 Å². The van der Waals surface area contributed by atoms with Crippen LogP contribution in [0.4, 0.5) is 0 Å². The number of Topliss-reactive ketones (excluding diaryl/α,β-unsaturated/α-hetero) is 1. The molecule has 0 spiro atoms. The Balaban J connectivity index is 1.57. The molecule has 0 amide bonds. The number of hydrogen-bond acceptors (Lipinski definition) is 2. The predicted molar refractivity (Wildman–Crippen MR) is 82.1 cm³/mol. The van der Waals surface area contributed by atoms with Gasteiger partial charge in [-0.1, -0.05) is 31.4 Å². The molecule has 1 saturated carbocycles. The average molecular weight is 274 g/mol. The molecule has 1 aromatic rings. The third-order valence-corrected chi connectivity index (χ3v) is 5.79. The second-order valence-corrected chi connectivity index (χ2v) is 7.12. The summed E-state index contributed by atoms with van der Waals surface area (Å²) < 4.78 is 0. The average Bonchev–Trinajstić information content (AvgIpc) is 2.93. The maximum atomic E-state index is 12.3. The lowest BCUT2D eigenvalue weighted by Crippen LogP contribution is -2.12. The fraction of sp³-hybridized carbons (Fsp3) is 0.588. The van der Waals surface area contributed by atoms with Crippen molar-refractivity contribution in [2.24, 2.45) is 0 Å². The van der Waals surface area contributed by atoms with E-state index in [-0.39, 0.29) is 0 Å². The summed E-state index contributed by atoms with van der Waals surface area (Å²) in [6, 6.07) is 6.35. The summed E-state index contributed by atoms with van der Waals surface area (Å²) in [4.78, 5) is 12.3. The van der Waals surface area contributed by atoms with Crippen molar-refractivity contribution in [3.05, 3.63) is 34.9 Å². The molecule has 3 rings (SSSR count). The highest BCUT2D eigenvalue weighted by Crippen LogP contribution is 2.29. The van der Waals surface area contributed by atoms with E-state index < -0.39 is 0 Å². The van der Waals surface area contributed by atoms with Gasteiger partial charge < -0.3 is 0 Å². The van der Waals surface area contributed by atoms with Crippen molar-refractivity contribution < 1.29 is 4.79 Å². The monoisotopic (exact) mass is 274 g/mol. The van der Waals surface area contributed by atoms with Gasteiger partial charge in [0.15, 0.2) is 5.78 Å². The normalized spacial score (nSPS) is 19.4. The summed E-state index contributed by atoms with van der Waals surface area (Å²) in [5.74, 6) is 0.994. The fourth-order valence-electron chi connectivity index (χ4n) is 3.25. The van der Waals surface area contributed by atoms with Crippen LogP contribution in [0.2, 0.25) is 0 Å². The van der Waals surface area contributed by atoms with E-state index >= 15 is 0 Å². The highest BCUT2D eigenvalue weighted by atomic mass is 32.2. The molecule has 0 aromatic heterocycles. The first-order chi connectivity index (χ1) is 9.33. The molecule has 0 saturated heterocycles. The second kappa shape index (κ2) is 6.13. The van der Waals surface area contributed by atoms with Gasteiger partial charge in [-0.05, 0) is 49.3 Å². The lowest BCUT2D eigenvalue weighted by molar-refractivity contribution is 0.102. The molecular weight excluding hydrogens is 252 g/mol. The zero-order valence-corrected chi connectivity index (χ0v) is 12.3. The van der Waals surface area contributed by atoms with E-state index in [4.69, 9.17) is 0 Å². The number of fused-ring (bicyclic) bond motifs is 1. The number of carbonyl (C=O) groups is 1. The Morgan fingerprint density at radius 2 is 1.84 bits per heavy atom. The molecule has 102 valence electrons. The summed E-state index contributed by atoms with van der Waals surface area (Å²) in [6.07, 6.45) is 10.3. The van der Waals surface area contributed by atoms with Gasteiger partial charge in [0.25, 0.3) is 0 Å². The highest BCUT2D eigenvalue weighted by Gasteiger charge is 2.17. The Morgan fingerprint density at radius 3 is 2.68 bits per heavy atom. The lowest BCUT2D eigenvalue weighted by Gasteiger charge is -2.20. The van der Waals surface area contributed by atoms with Crippen LogP contribution in [-0.4, -0.2) is 16.8 Å². The molecule has 0 N–H and O–H groups in total. The molecule has 0 heterocycles. The van der Waals surface area contributed by atoms with Gasteiger partial charge in [0, 0.05) is 10.8 Å². The van der Waals surface area contributed by atoms with Gasteiger partial charge in [0.05, 0.1) is 5.75 Å². The molecule has 1 fully saturated rings. The largest absolute Gasteiger partial charge is 0.293 e. The van der Waals surface area contributed by atoms with E-state index in [9.17, 15) is 4.79 Å². The maximum absolute atomic E-state index is 12.3. The minimum absolute atomic E-state index is 0.324. The van der Waals surface area contributed by atoms with Gasteiger partial charge in [-0.15, -0.1) is 0 Å². The van der Waals surface area contributed by atoms with Gasteiger partial charge in [-0.2, -0.15) is 11.8 Å². The molecule has 2 aliphatic carbocycles. The molecule has 0 radical (unpaired) electrons. The van der Waals surface area contributed by atoms with Crippen molar-refractivity contribution in [2.45, 2.75) is 56.6 Å². The van der Waals surface area contributed by atoms with Crippen molar-refractivity contribution in [3.8, 4) is 0 Å². The molecule has 0 unspecified atom stereocenters. The van der Waals surface area contributed by atoms with E-state index in [0.717, 1.165) is 17.2 Å². The number of ketones is 1. The van der Waals surface area contributed by atoms with E-state index in [1.54, 1.807) is 0 Å². The number of aryl methyl sites for hydroxylation is 2. The molecule has 2 aliphatic rings. The van der Waals surface area contributed by atoms with Crippen LogP contribution in [0.15, 0.2) is 18.2 Å². The molecule has 0 atom stereocenters. The van der Waals surface area contributed by atoms with Crippen molar-refractivity contribution in [1.82, 2.24) is 0 Å². The van der Waals surface area contributed by atoms with Gasteiger partial charge in [-0.25, -0.2) is 0 Å². The summed E-state index contributed by atoms with van der Waals surface area (Å²) in [7, 11) is 0. The van der Waals surface area contributed by atoms with Gasteiger partial charge in [0.1, 0.15) is 0 Å². The molecular formula is C17H22OS. The van der Waals surface area contributed by atoms with Crippen LogP contribution in [0, 0.1) is 0 Å². The van der Waals surface area contributed by atoms with Crippen molar-refractivity contribution in [2.75, 3.05) is 5.75 Å². The van der Waals surface area contributed by atoms with Gasteiger partial charge in [0.2, 0.25) is 0 Å². The highest BCUT2D eigenvalue weighted by molar-refractivity contribution is 8.00. The van der Waals surface area contributed by atoms with Crippen molar-refractivity contribution in [1.29, 1.82) is 0 Å². The summed E-state index contributed by atoms with van der Waals surface area (Å²) in [5, 5.41) is 0.729. The number of rotatable bonds is 4. The summed E-state index contributed by atoms with van der Waals surface area (Å²) >= 11 is 1.88. The Kier molecular flexibility index (Phi) is 4.27. The molecule has 1 aromatic carbocycles. The quantitative estimate of drug-likeness (QED) is 0.756. The third-order valence-electron chi connectivity index (χ3n) is 4.42. The van der Waals surface area contributed by atoms with Crippen molar-refractivity contribution >= 4 is 17.5 Å². The molecule has 2 heteroatoms. The van der Waals surface area contributed by atoms with Gasteiger partial charge in [-0.3, -0.25) is 4.79 Å². The Labute approximate surface area is 120 Å². The van der Waals surface area contributed by atoms with E-state index in [1.807, 2.05) is 17.8 Å². The van der Waals surface area contributed by atoms with Crippen molar-refractivity contribution in [3.63, 3.8) is 0 Å². The third kappa shape index (κ3) is 3.22. The van der Waals surface area contributed by atoms with Crippen LogP contribution >= 0.6 is 11.8 Å². The van der Waals surface area contributed by atoms with Crippen LogP contribution in [0.1, 0.15) is 60.0 Å². The first kappa shape index (κ1) is 13.2. The van der Waals surface area contributed by atoms with Crippen LogP contribution in [0.25, 0.3) is 0 Å². The molecule has 19 heavy (non-hydrogen) atoms. The first-order valence-corrected chi connectivity index (χ1v) is 8.64. The van der Waals surface area contributed by atoms with Crippen LogP contribution in [-0.2, 0) is 12.8 Å². The summed E-state index contributed by atoms with van der Waals surface area (Å²) in [5.41, 5.74) is 3.80. The number of thioether (sulfide) groups is 1. The zero-order chi connectivity index (χ0) is 13.1.